The second-order valence-electron chi connectivity index (χ2n) is 3.91. The van der Waals surface area contributed by atoms with E-state index in [0.717, 1.165) is 25.9 Å². The first-order valence-electron chi connectivity index (χ1n) is 5.31. The minimum Gasteiger partial charge on any atom is -0.396 e. The molecule has 0 spiro atoms. The number of likely N-dealkylation sites (N-methyl/N-ethyl adjacent to an activating group) is 1. The van der Waals surface area contributed by atoms with Crippen LogP contribution < -0.4 is 0 Å². The van der Waals surface area contributed by atoms with Crippen LogP contribution in [0.5, 0.6) is 0 Å². The molecule has 1 rings (SSSR count). The average molecular weight is 186 g/mol. The monoisotopic (exact) mass is 186 g/mol. The molecule has 1 heterocycles. The summed E-state index contributed by atoms with van der Waals surface area (Å²) in [5.41, 5.74) is 0. The van der Waals surface area contributed by atoms with Gasteiger partial charge in [-0.3, -0.25) is 4.90 Å². The zero-order valence-electron chi connectivity index (χ0n) is 8.87. The van der Waals surface area contributed by atoms with Gasteiger partial charge in [0.15, 0.2) is 0 Å². The van der Waals surface area contributed by atoms with E-state index in [9.17, 15) is 0 Å². The first-order chi connectivity index (χ1) is 6.27. The quantitative estimate of drug-likeness (QED) is 0.688. The third-order valence-corrected chi connectivity index (χ3v) is 2.99. The number of hydrogen-bond acceptors (Lipinski definition) is 3. The summed E-state index contributed by atoms with van der Waals surface area (Å²) in [7, 11) is 2.17. The number of piperazine rings is 1. The maximum Gasteiger partial charge on any atom is 0.0445 e. The SMILES string of the molecule is CCC(CCO)N1CCN(C)CC1. The summed E-state index contributed by atoms with van der Waals surface area (Å²) < 4.78 is 0. The maximum absolute atomic E-state index is 8.91. The molecule has 3 nitrogen and oxygen atoms in total. The van der Waals surface area contributed by atoms with Gasteiger partial charge in [0.2, 0.25) is 0 Å². The second-order valence-corrected chi connectivity index (χ2v) is 3.91. The second kappa shape index (κ2) is 5.58. The fraction of sp³-hybridized carbons (Fsp3) is 1.00. The van der Waals surface area contributed by atoms with Crippen molar-refractivity contribution in [3.8, 4) is 0 Å². The van der Waals surface area contributed by atoms with Crippen molar-refractivity contribution in [3.05, 3.63) is 0 Å². The van der Waals surface area contributed by atoms with Crippen molar-refractivity contribution in [2.75, 3.05) is 39.8 Å². The topological polar surface area (TPSA) is 26.7 Å². The molecule has 1 N–H and O–H groups in total. The Kier molecular flexibility index (Phi) is 4.70. The van der Waals surface area contributed by atoms with Crippen molar-refractivity contribution < 1.29 is 5.11 Å². The molecule has 0 radical (unpaired) electrons. The number of nitrogens with zero attached hydrogens (tertiary/aromatic N) is 2. The molecule has 0 bridgehead atoms. The molecule has 0 amide bonds. The van der Waals surface area contributed by atoms with Crippen LogP contribution in [0.15, 0.2) is 0 Å². The largest absolute Gasteiger partial charge is 0.396 e. The lowest BCUT2D eigenvalue weighted by molar-refractivity contribution is 0.0930. The molecular formula is C10H22N2O. The van der Waals surface area contributed by atoms with Crippen LogP contribution >= 0.6 is 0 Å². The molecule has 0 aromatic heterocycles. The molecule has 0 aromatic rings. The van der Waals surface area contributed by atoms with E-state index in [2.05, 4.69) is 23.8 Å². The first-order valence-corrected chi connectivity index (χ1v) is 5.31. The Hall–Kier alpha value is -0.120. The highest BCUT2D eigenvalue weighted by Gasteiger charge is 2.20. The van der Waals surface area contributed by atoms with E-state index in [4.69, 9.17) is 5.11 Å². The lowest BCUT2D eigenvalue weighted by atomic mass is 10.1. The zero-order valence-corrected chi connectivity index (χ0v) is 8.87. The summed E-state index contributed by atoms with van der Waals surface area (Å²) in [4.78, 5) is 4.87. The van der Waals surface area contributed by atoms with Crippen molar-refractivity contribution in [2.24, 2.45) is 0 Å². The molecule has 0 aliphatic carbocycles. The van der Waals surface area contributed by atoms with Gasteiger partial charge in [-0.25, -0.2) is 0 Å². The zero-order chi connectivity index (χ0) is 9.68. The third kappa shape index (κ3) is 3.25. The Morgan fingerprint density at radius 3 is 2.31 bits per heavy atom. The predicted molar refractivity (Wildman–Crippen MR) is 54.9 cm³/mol. The lowest BCUT2D eigenvalue weighted by Crippen LogP contribution is -2.49. The van der Waals surface area contributed by atoms with Crippen LogP contribution in [0.25, 0.3) is 0 Å². The van der Waals surface area contributed by atoms with E-state index >= 15 is 0 Å². The highest BCUT2D eigenvalue weighted by molar-refractivity contribution is 4.76. The van der Waals surface area contributed by atoms with Crippen LogP contribution in [0.4, 0.5) is 0 Å². The molecule has 0 aromatic carbocycles. The summed E-state index contributed by atoms with van der Waals surface area (Å²) in [5, 5.41) is 8.91. The highest BCUT2D eigenvalue weighted by atomic mass is 16.3. The van der Waals surface area contributed by atoms with Crippen LogP contribution in [-0.4, -0.2) is 60.8 Å². The summed E-state index contributed by atoms with van der Waals surface area (Å²) in [5.74, 6) is 0. The molecular weight excluding hydrogens is 164 g/mol. The molecule has 1 aliphatic heterocycles. The number of aliphatic hydroxyl groups is 1. The fourth-order valence-corrected chi connectivity index (χ4v) is 1.98. The van der Waals surface area contributed by atoms with E-state index in [-0.39, 0.29) is 0 Å². The van der Waals surface area contributed by atoms with Gasteiger partial charge in [0.05, 0.1) is 0 Å². The van der Waals surface area contributed by atoms with Gasteiger partial charge in [0.1, 0.15) is 0 Å². The number of aliphatic hydroxyl groups excluding tert-OH is 1. The van der Waals surface area contributed by atoms with Crippen LogP contribution in [0.1, 0.15) is 19.8 Å². The van der Waals surface area contributed by atoms with E-state index < -0.39 is 0 Å². The third-order valence-electron chi connectivity index (χ3n) is 2.99. The molecule has 1 atom stereocenters. The van der Waals surface area contributed by atoms with Gasteiger partial charge in [-0.15, -0.1) is 0 Å². The maximum atomic E-state index is 8.91. The van der Waals surface area contributed by atoms with Gasteiger partial charge >= 0.3 is 0 Å². The molecule has 1 fully saturated rings. The minimum atomic E-state index is 0.324. The Labute approximate surface area is 81.3 Å². The van der Waals surface area contributed by atoms with Crippen molar-refractivity contribution in [2.45, 2.75) is 25.8 Å². The Morgan fingerprint density at radius 2 is 1.85 bits per heavy atom. The van der Waals surface area contributed by atoms with Gasteiger partial charge in [-0.1, -0.05) is 6.92 Å². The molecule has 78 valence electrons. The standard InChI is InChI=1S/C10H22N2O/c1-3-10(4-9-13)12-7-5-11(2)6-8-12/h10,13H,3-9H2,1-2H3. The summed E-state index contributed by atoms with van der Waals surface area (Å²) in [6, 6.07) is 0.596. The summed E-state index contributed by atoms with van der Waals surface area (Å²) in [6.07, 6.45) is 2.09. The summed E-state index contributed by atoms with van der Waals surface area (Å²) >= 11 is 0. The minimum absolute atomic E-state index is 0.324. The van der Waals surface area contributed by atoms with Crippen LogP contribution in [0, 0.1) is 0 Å². The Morgan fingerprint density at radius 1 is 1.23 bits per heavy atom. The van der Waals surface area contributed by atoms with Crippen LogP contribution in [0.2, 0.25) is 0 Å². The van der Waals surface area contributed by atoms with Gasteiger partial charge in [0, 0.05) is 38.8 Å². The van der Waals surface area contributed by atoms with E-state index in [0.29, 0.717) is 12.6 Å². The van der Waals surface area contributed by atoms with Gasteiger partial charge in [-0.05, 0) is 19.9 Å². The van der Waals surface area contributed by atoms with Crippen molar-refractivity contribution in [3.63, 3.8) is 0 Å². The molecule has 1 saturated heterocycles. The van der Waals surface area contributed by atoms with Crippen molar-refractivity contribution in [1.82, 2.24) is 9.80 Å². The van der Waals surface area contributed by atoms with E-state index in [1.165, 1.54) is 13.1 Å². The van der Waals surface area contributed by atoms with Crippen molar-refractivity contribution in [1.29, 1.82) is 0 Å². The average Bonchev–Trinajstić information content (AvgIpc) is 2.16. The Balaban J connectivity index is 2.32. The molecule has 1 unspecified atom stereocenters. The lowest BCUT2D eigenvalue weighted by Gasteiger charge is -2.37. The first kappa shape index (κ1) is 11.0. The molecule has 0 saturated carbocycles. The molecule has 13 heavy (non-hydrogen) atoms. The van der Waals surface area contributed by atoms with Crippen molar-refractivity contribution >= 4 is 0 Å². The number of hydrogen-bond donors (Lipinski definition) is 1. The normalized spacial score (nSPS) is 23.3. The molecule has 1 aliphatic rings. The molecule has 3 heteroatoms. The highest BCUT2D eigenvalue weighted by Crippen LogP contribution is 2.10. The van der Waals surface area contributed by atoms with Gasteiger partial charge in [0.25, 0.3) is 0 Å². The van der Waals surface area contributed by atoms with E-state index in [1.807, 2.05) is 0 Å². The smallest absolute Gasteiger partial charge is 0.0445 e. The van der Waals surface area contributed by atoms with E-state index in [1.54, 1.807) is 0 Å². The van der Waals surface area contributed by atoms with Crippen LogP contribution in [0.3, 0.4) is 0 Å². The predicted octanol–water partition coefficient (Wildman–Crippen LogP) is 0.395. The van der Waals surface area contributed by atoms with Gasteiger partial charge in [-0.2, -0.15) is 0 Å². The number of rotatable bonds is 4. The summed E-state index contributed by atoms with van der Waals surface area (Å²) in [6.45, 7) is 7.19. The van der Waals surface area contributed by atoms with Gasteiger partial charge < -0.3 is 10.0 Å². The fourth-order valence-electron chi connectivity index (χ4n) is 1.98. The Bertz CT molecular complexity index is 133. The van der Waals surface area contributed by atoms with Crippen LogP contribution in [-0.2, 0) is 0 Å².